The fraction of sp³-hybridized carbons (Fsp3) is 0.200. The summed E-state index contributed by atoms with van der Waals surface area (Å²) in [5.74, 6) is -0.496. The molecular formula is C15H16FN2O+. The van der Waals surface area contributed by atoms with Gasteiger partial charge in [-0.2, -0.15) is 4.57 Å². The van der Waals surface area contributed by atoms with Crippen LogP contribution in [0.25, 0.3) is 0 Å². The minimum absolute atomic E-state index is 0.178. The molecule has 1 aromatic heterocycles. The highest BCUT2D eigenvalue weighted by Gasteiger charge is 2.12. The van der Waals surface area contributed by atoms with Crippen LogP contribution in [0.15, 0.2) is 42.6 Å². The molecule has 0 aliphatic heterocycles. The Hall–Kier alpha value is -2.23. The summed E-state index contributed by atoms with van der Waals surface area (Å²) in [5.41, 5.74) is 2.03. The van der Waals surface area contributed by atoms with Gasteiger partial charge >= 0.3 is 0 Å². The first-order chi connectivity index (χ1) is 9.06. The fourth-order valence-electron chi connectivity index (χ4n) is 1.76. The van der Waals surface area contributed by atoms with E-state index in [4.69, 9.17) is 0 Å². The minimum atomic E-state index is -0.318. The SMILES string of the molecule is Cc1ccc(NC(=O)C[n+]2ccccc2C)cc1F. The van der Waals surface area contributed by atoms with Gasteiger partial charge in [-0.3, -0.25) is 4.79 Å². The molecule has 1 amide bonds. The Balaban J connectivity index is 2.05. The molecule has 1 aromatic carbocycles. The number of benzene rings is 1. The zero-order valence-electron chi connectivity index (χ0n) is 11.0. The van der Waals surface area contributed by atoms with Gasteiger partial charge in [0.25, 0.3) is 5.91 Å². The zero-order chi connectivity index (χ0) is 13.8. The number of anilines is 1. The van der Waals surface area contributed by atoms with E-state index in [0.717, 1.165) is 5.69 Å². The van der Waals surface area contributed by atoms with Gasteiger partial charge in [-0.25, -0.2) is 4.39 Å². The number of aryl methyl sites for hydroxylation is 2. The van der Waals surface area contributed by atoms with Crippen LogP contribution in [0.3, 0.4) is 0 Å². The molecule has 0 aliphatic carbocycles. The van der Waals surface area contributed by atoms with Crippen LogP contribution in [0.1, 0.15) is 11.3 Å². The third-order valence-electron chi connectivity index (χ3n) is 2.94. The monoisotopic (exact) mass is 259 g/mol. The van der Waals surface area contributed by atoms with E-state index in [1.807, 2.05) is 35.9 Å². The van der Waals surface area contributed by atoms with Gasteiger partial charge in [0.15, 0.2) is 11.9 Å². The second-order valence-electron chi connectivity index (χ2n) is 4.48. The van der Waals surface area contributed by atoms with Crippen LogP contribution in [0.5, 0.6) is 0 Å². The Morgan fingerprint density at radius 2 is 2.05 bits per heavy atom. The zero-order valence-corrected chi connectivity index (χ0v) is 11.0. The van der Waals surface area contributed by atoms with E-state index in [2.05, 4.69) is 5.32 Å². The van der Waals surface area contributed by atoms with Crippen molar-refractivity contribution >= 4 is 11.6 Å². The number of aromatic nitrogens is 1. The number of carbonyl (C=O) groups excluding carboxylic acids is 1. The van der Waals surface area contributed by atoms with Gasteiger partial charge in [-0.15, -0.1) is 0 Å². The summed E-state index contributed by atoms with van der Waals surface area (Å²) in [4.78, 5) is 11.9. The Morgan fingerprint density at radius 3 is 2.74 bits per heavy atom. The minimum Gasteiger partial charge on any atom is -0.320 e. The number of amides is 1. The van der Waals surface area contributed by atoms with Crippen LogP contribution < -0.4 is 9.88 Å². The normalized spacial score (nSPS) is 10.3. The van der Waals surface area contributed by atoms with Crippen molar-refractivity contribution in [3.8, 4) is 0 Å². The van der Waals surface area contributed by atoms with Crippen molar-refractivity contribution in [1.82, 2.24) is 0 Å². The van der Waals surface area contributed by atoms with Gasteiger partial charge in [0, 0.05) is 24.7 Å². The quantitative estimate of drug-likeness (QED) is 0.843. The standard InChI is InChI=1S/C15H15FN2O/c1-11-6-7-13(9-14(11)16)17-15(19)10-18-8-4-3-5-12(18)2/h3-9H,10H2,1-2H3/p+1. The molecule has 1 heterocycles. The average Bonchev–Trinajstić information content (AvgIpc) is 2.37. The molecule has 0 atom stereocenters. The highest BCUT2D eigenvalue weighted by atomic mass is 19.1. The summed E-state index contributed by atoms with van der Waals surface area (Å²) in [6.07, 6.45) is 1.84. The number of halogens is 1. The van der Waals surface area contributed by atoms with Crippen LogP contribution in [-0.4, -0.2) is 5.91 Å². The second kappa shape index (κ2) is 5.61. The summed E-state index contributed by atoms with van der Waals surface area (Å²) in [6, 6.07) is 10.4. The maximum Gasteiger partial charge on any atom is 0.290 e. The van der Waals surface area contributed by atoms with Gasteiger partial charge in [-0.05, 0) is 24.6 Å². The van der Waals surface area contributed by atoms with Crippen LogP contribution >= 0.6 is 0 Å². The van der Waals surface area contributed by atoms with E-state index >= 15 is 0 Å². The van der Waals surface area contributed by atoms with Crippen molar-refractivity contribution in [2.75, 3.05) is 5.32 Å². The van der Waals surface area contributed by atoms with Crippen molar-refractivity contribution < 1.29 is 13.8 Å². The first-order valence-electron chi connectivity index (χ1n) is 6.07. The Kier molecular flexibility index (Phi) is 3.90. The lowest BCUT2D eigenvalue weighted by Crippen LogP contribution is -2.42. The first kappa shape index (κ1) is 13.2. The highest BCUT2D eigenvalue weighted by molar-refractivity contribution is 5.89. The molecule has 19 heavy (non-hydrogen) atoms. The summed E-state index contributed by atoms with van der Waals surface area (Å²) in [7, 11) is 0. The number of pyridine rings is 1. The third-order valence-corrected chi connectivity index (χ3v) is 2.94. The van der Waals surface area contributed by atoms with Crippen molar-refractivity contribution in [3.05, 3.63) is 59.7 Å². The van der Waals surface area contributed by atoms with Crippen molar-refractivity contribution in [1.29, 1.82) is 0 Å². The molecule has 0 aliphatic rings. The van der Waals surface area contributed by atoms with E-state index in [-0.39, 0.29) is 18.3 Å². The number of carbonyl (C=O) groups is 1. The van der Waals surface area contributed by atoms with Crippen molar-refractivity contribution in [3.63, 3.8) is 0 Å². The fourth-order valence-corrected chi connectivity index (χ4v) is 1.76. The Bertz CT molecular complexity index is 611. The number of nitrogens with zero attached hydrogens (tertiary/aromatic N) is 1. The molecule has 0 bridgehead atoms. The van der Waals surface area contributed by atoms with Crippen molar-refractivity contribution in [2.24, 2.45) is 0 Å². The van der Waals surface area contributed by atoms with Gasteiger partial charge in [-0.1, -0.05) is 12.1 Å². The van der Waals surface area contributed by atoms with Gasteiger partial charge in [0.05, 0.1) is 0 Å². The lowest BCUT2D eigenvalue weighted by Gasteiger charge is -2.05. The molecule has 0 saturated carbocycles. The topological polar surface area (TPSA) is 33.0 Å². The lowest BCUT2D eigenvalue weighted by molar-refractivity contribution is -0.690. The smallest absolute Gasteiger partial charge is 0.290 e. The van der Waals surface area contributed by atoms with Gasteiger partial charge < -0.3 is 5.32 Å². The van der Waals surface area contributed by atoms with Gasteiger partial charge in [0.2, 0.25) is 6.54 Å². The average molecular weight is 259 g/mol. The maximum absolute atomic E-state index is 13.4. The van der Waals surface area contributed by atoms with Crippen LogP contribution in [0, 0.1) is 19.7 Å². The molecule has 4 heteroatoms. The largest absolute Gasteiger partial charge is 0.320 e. The maximum atomic E-state index is 13.4. The molecular weight excluding hydrogens is 243 g/mol. The summed E-state index contributed by atoms with van der Waals surface area (Å²) < 4.78 is 15.2. The third kappa shape index (κ3) is 3.37. The van der Waals surface area contributed by atoms with Crippen LogP contribution in [0.2, 0.25) is 0 Å². The molecule has 0 radical (unpaired) electrons. The molecule has 0 spiro atoms. The van der Waals surface area contributed by atoms with Crippen LogP contribution in [0.4, 0.5) is 10.1 Å². The number of rotatable bonds is 3. The predicted molar refractivity (Wildman–Crippen MR) is 71.1 cm³/mol. The Labute approximate surface area is 111 Å². The number of nitrogens with one attached hydrogen (secondary N) is 1. The summed E-state index contributed by atoms with van der Waals surface area (Å²) >= 11 is 0. The molecule has 98 valence electrons. The van der Waals surface area contributed by atoms with E-state index in [1.165, 1.54) is 6.07 Å². The summed E-state index contributed by atoms with van der Waals surface area (Å²) in [6.45, 7) is 3.82. The number of hydrogen-bond acceptors (Lipinski definition) is 1. The summed E-state index contributed by atoms with van der Waals surface area (Å²) in [5, 5.41) is 2.69. The molecule has 0 unspecified atom stereocenters. The van der Waals surface area contributed by atoms with E-state index in [1.54, 1.807) is 19.1 Å². The molecule has 0 saturated heterocycles. The molecule has 1 N–H and O–H groups in total. The van der Waals surface area contributed by atoms with Crippen LogP contribution in [-0.2, 0) is 11.3 Å². The van der Waals surface area contributed by atoms with Crippen molar-refractivity contribution in [2.45, 2.75) is 20.4 Å². The molecule has 2 rings (SSSR count). The molecule has 3 nitrogen and oxygen atoms in total. The first-order valence-corrected chi connectivity index (χ1v) is 6.07. The van der Waals surface area contributed by atoms with E-state index in [9.17, 15) is 9.18 Å². The van der Waals surface area contributed by atoms with E-state index in [0.29, 0.717) is 11.3 Å². The number of hydrogen-bond donors (Lipinski definition) is 1. The lowest BCUT2D eigenvalue weighted by atomic mass is 10.2. The van der Waals surface area contributed by atoms with Gasteiger partial charge in [0.1, 0.15) is 5.82 Å². The highest BCUT2D eigenvalue weighted by Crippen LogP contribution is 2.13. The van der Waals surface area contributed by atoms with E-state index < -0.39 is 0 Å². The molecule has 2 aromatic rings. The Morgan fingerprint density at radius 1 is 1.26 bits per heavy atom. The predicted octanol–water partition coefficient (Wildman–Crippen LogP) is 2.37. The second-order valence-corrected chi connectivity index (χ2v) is 4.48. The molecule has 0 fully saturated rings.